The van der Waals surface area contributed by atoms with Gasteiger partial charge in [-0.15, -0.1) is 11.3 Å². The van der Waals surface area contributed by atoms with Crippen molar-refractivity contribution in [3.05, 3.63) is 29.3 Å². The van der Waals surface area contributed by atoms with Gasteiger partial charge in [-0.1, -0.05) is 13.8 Å². The number of thiazole rings is 1. The van der Waals surface area contributed by atoms with Crippen LogP contribution in [0.4, 0.5) is 0 Å². The third-order valence-corrected chi connectivity index (χ3v) is 4.88. The number of esters is 1. The maximum Gasteiger partial charge on any atom is 0.335 e. The lowest BCUT2D eigenvalue weighted by Crippen LogP contribution is -2.24. The van der Waals surface area contributed by atoms with Crippen molar-refractivity contribution in [1.82, 2.24) is 4.98 Å². The molecule has 0 amide bonds. The van der Waals surface area contributed by atoms with Gasteiger partial charge in [-0.05, 0) is 37.5 Å². The van der Waals surface area contributed by atoms with E-state index in [1.807, 2.05) is 23.6 Å². The van der Waals surface area contributed by atoms with Crippen LogP contribution in [-0.4, -0.2) is 37.9 Å². The Morgan fingerprint density at radius 2 is 1.89 bits per heavy atom. The normalized spacial score (nSPS) is 12.1. The molecular formula is C20H27NO5S. The van der Waals surface area contributed by atoms with Crippen molar-refractivity contribution in [3.63, 3.8) is 0 Å². The molecule has 1 aromatic heterocycles. The molecule has 0 N–H and O–H groups in total. The summed E-state index contributed by atoms with van der Waals surface area (Å²) in [5.74, 6) is 1.47. The molecule has 0 aliphatic rings. The van der Waals surface area contributed by atoms with Crippen molar-refractivity contribution in [3.8, 4) is 22.1 Å². The molecule has 0 aliphatic heterocycles. The third kappa shape index (κ3) is 6.22. The first kappa shape index (κ1) is 21.2. The monoisotopic (exact) mass is 393 g/mol. The van der Waals surface area contributed by atoms with Crippen LogP contribution >= 0.6 is 11.3 Å². The fourth-order valence-electron chi connectivity index (χ4n) is 2.29. The van der Waals surface area contributed by atoms with E-state index in [4.69, 9.17) is 18.9 Å². The molecule has 0 saturated carbocycles. The van der Waals surface area contributed by atoms with Crippen molar-refractivity contribution in [2.75, 3.05) is 20.8 Å². The fraction of sp³-hybridized carbons (Fsp3) is 0.500. The van der Waals surface area contributed by atoms with Gasteiger partial charge in [0.2, 0.25) is 0 Å². The number of hydrogen-bond acceptors (Lipinski definition) is 7. The Labute approximate surface area is 164 Å². The summed E-state index contributed by atoms with van der Waals surface area (Å²) in [7, 11) is 3.19. The van der Waals surface area contributed by atoms with Crippen molar-refractivity contribution < 1.29 is 23.7 Å². The first-order valence-corrected chi connectivity index (χ1v) is 9.77. The molecule has 6 nitrogen and oxygen atoms in total. The summed E-state index contributed by atoms with van der Waals surface area (Å²) in [6.07, 6.45) is 0.339. The summed E-state index contributed by atoms with van der Waals surface area (Å²) in [5, 5.41) is 2.70. The number of rotatable bonds is 10. The summed E-state index contributed by atoms with van der Waals surface area (Å²) in [5.41, 5.74) is 1.62. The molecule has 7 heteroatoms. The van der Waals surface area contributed by atoms with Gasteiger partial charge in [0.1, 0.15) is 11.6 Å². The molecule has 2 aromatic rings. The average molecular weight is 394 g/mol. The Morgan fingerprint density at radius 1 is 1.15 bits per heavy atom. The molecule has 0 saturated heterocycles. The average Bonchev–Trinajstić information content (AvgIpc) is 3.14. The number of benzene rings is 1. The van der Waals surface area contributed by atoms with E-state index >= 15 is 0 Å². The predicted molar refractivity (Wildman–Crippen MR) is 105 cm³/mol. The number of ether oxygens (including phenoxy) is 4. The molecule has 148 valence electrons. The molecule has 27 heavy (non-hydrogen) atoms. The van der Waals surface area contributed by atoms with E-state index in [-0.39, 0.29) is 12.6 Å². The van der Waals surface area contributed by atoms with Crippen molar-refractivity contribution in [2.24, 2.45) is 5.92 Å². The highest BCUT2D eigenvalue weighted by atomic mass is 32.1. The second-order valence-electron chi connectivity index (χ2n) is 6.52. The molecule has 2 rings (SSSR count). The molecule has 1 aromatic carbocycles. The van der Waals surface area contributed by atoms with Gasteiger partial charge in [-0.3, -0.25) is 0 Å². The van der Waals surface area contributed by atoms with Crippen LogP contribution in [0.3, 0.4) is 0 Å². The summed E-state index contributed by atoms with van der Waals surface area (Å²) in [4.78, 5) is 16.6. The van der Waals surface area contributed by atoms with Crippen LogP contribution < -0.4 is 9.47 Å². The van der Waals surface area contributed by atoms with Gasteiger partial charge in [0.05, 0.1) is 19.9 Å². The van der Waals surface area contributed by atoms with Crippen molar-refractivity contribution in [2.45, 2.75) is 39.9 Å². The molecule has 1 unspecified atom stereocenters. The van der Waals surface area contributed by atoms with E-state index in [9.17, 15) is 4.79 Å². The smallest absolute Gasteiger partial charge is 0.335 e. The van der Waals surface area contributed by atoms with E-state index in [0.717, 1.165) is 17.0 Å². The first-order valence-electron chi connectivity index (χ1n) is 8.89. The first-order chi connectivity index (χ1) is 12.9. The van der Waals surface area contributed by atoms with E-state index in [1.165, 1.54) is 11.3 Å². The van der Waals surface area contributed by atoms with Crippen molar-refractivity contribution in [1.29, 1.82) is 0 Å². The van der Waals surface area contributed by atoms with Gasteiger partial charge in [-0.2, -0.15) is 0 Å². The van der Waals surface area contributed by atoms with Crippen LogP contribution in [0.5, 0.6) is 11.5 Å². The summed E-state index contributed by atoms with van der Waals surface area (Å²) in [6, 6.07) is 5.63. The van der Waals surface area contributed by atoms with Crippen LogP contribution in [0.2, 0.25) is 0 Å². The second kappa shape index (κ2) is 10.3. The van der Waals surface area contributed by atoms with E-state index < -0.39 is 6.10 Å². The van der Waals surface area contributed by atoms with Gasteiger partial charge in [0, 0.05) is 17.6 Å². The molecule has 1 atom stereocenters. The summed E-state index contributed by atoms with van der Waals surface area (Å²) >= 11 is 1.48. The lowest BCUT2D eigenvalue weighted by molar-refractivity contribution is -0.157. The van der Waals surface area contributed by atoms with Crippen LogP contribution in [0, 0.1) is 5.92 Å². The quantitative estimate of drug-likeness (QED) is 0.560. The number of carbonyl (C=O) groups excluding carboxylic acids is 1. The topological polar surface area (TPSA) is 66.9 Å². The van der Waals surface area contributed by atoms with Gasteiger partial charge in [0.15, 0.2) is 17.6 Å². The number of nitrogens with zero attached hydrogens (tertiary/aromatic N) is 1. The minimum atomic E-state index is -0.576. The SMILES string of the molecule is COc1ccc(-c2nc(COC(=O)C(C)OCCC(C)C)cs2)cc1OC. The maximum atomic E-state index is 12.0. The van der Waals surface area contributed by atoms with E-state index in [1.54, 1.807) is 21.1 Å². The molecule has 1 heterocycles. The molecule has 0 radical (unpaired) electrons. The zero-order valence-corrected chi connectivity index (χ0v) is 17.3. The highest BCUT2D eigenvalue weighted by molar-refractivity contribution is 7.13. The molecule has 0 spiro atoms. The number of aromatic nitrogens is 1. The van der Waals surface area contributed by atoms with Crippen molar-refractivity contribution >= 4 is 17.3 Å². The summed E-state index contributed by atoms with van der Waals surface area (Å²) < 4.78 is 21.4. The van der Waals surface area contributed by atoms with E-state index in [0.29, 0.717) is 29.7 Å². The lowest BCUT2D eigenvalue weighted by Gasteiger charge is -2.13. The maximum absolute atomic E-state index is 12.0. The Morgan fingerprint density at radius 3 is 2.56 bits per heavy atom. The van der Waals surface area contributed by atoms with Crippen LogP contribution in [0.1, 0.15) is 32.9 Å². The lowest BCUT2D eigenvalue weighted by atomic mass is 10.1. The third-order valence-electron chi connectivity index (χ3n) is 3.94. The molecule has 0 fully saturated rings. The second-order valence-corrected chi connectivity index (χ2v) is 7.38. The zero-order chi connectivity index (χ0) is 19.8. The summed E-state index contributed by atoms with van der Waals surface area (Å²) in [6.45, 7) is 6.61. The Balaban J connectivity index is 1.91. The molecular weight excluding hydrogens is 366 g/mol. The van der Waals surface area contributed by atoms with Crippen LogP contribution in [0.25, 0.3) is 10.6 Å². The number of carbonyl (C=O) groups is 1. The van der Waals surface area contributed by atoms with E-state index in [2.05, 4.69) is 18.8 Å². The predicted octanol–water partition coefficient (Wildman–Crippen LogP) is 4.32. The molecule has 0 aliphatic carbocycles. The largest absolute Gasteiger partial charge is 0.493 e. The van der Waals surface area contributed by atoms with Gasteiger partial charge in [0.25, 0.3) is 0 Å². The minimum absolute atomic E-state index is 0.125. The highest BCUT2D eigenvalue weighted by Gasteiger charge is 2.16. The highest BCUT2D eigenvalue weighted by Crippen LogP contribution is 2.33. The number of methoxy groups -OCH3 is 2. The Kier molecular flexibility index (Phi) is 8.06. The van der Waals surface area contributed by atoms with Gasteiger partial charge in [-0.25, -0.2) is 9.78 Å². The van der Waals surface area contributed by atoms with Gasteiger partial charge >= 0.3 is 5.97 Å². The Hall–Kier alpha value is -2.12. The Bertz CT molecular complexity index is 744. The zero-order valence-electron chi connectivity index (χ0n) is 16.5. The fourth-order valence-corrected chi connectivity index (χ4v) is 3.09. The number of hydrogen-bond donors (Lipinski definition) is 0. The molecule has 0 bridgehead atoms. The minimum Gasteiger partial charge on any atom is -0.493 e. The standard InChI is InChI=1S/C20H27NO5S/c1-13(2)8-9-25-14(3)20(22)26-11-16-12-27-19(21-16)15-6-7-17(23-4)18(10-15)24-5/h6-7,10,12-14H,8-9,11H2,1-5H3. The van der Waals surface area contributed by atoms with Gasteiger partial charge < -0.3 is 18.9 Å². The van der Waals surface area contributed by atoms with Crippen LogP contribution in [0.15, 0.2) is 23.6 Å². The van der Waals surface area contributed by atoms with Crippen LogP contribution in [-0.2, 0) is 20.9 Å².